The monoisotopic (exact) mass is 356 g/mol. The minimum atomic E-state index is -0.589. The van der Waals surface area contributed by atoms with Crippen molar-refractivity contribution in [2.45, 2.75) is 19.9 Å². The van der Waals surface area contributed by atoms with E-state index in [-0.39, 0.29) is 28.9 Å². The molecule has 7 nitrogen and oxygen atoms in total. The number of nitrogens with zero attached hydrogens (tertiary/aromatic N) is 2. The molecular weight excluding hydrogens is 332 g/mol. The summed E-state index contributed by atoms with van der Waals surface area (Å²) in [6.45, 7) is 6.25. The molecule has 3 N–H and O–H groups in total. The summed E-state index contributed by atoms with van der Waals surface area (Å²) in [6, 6.07) is 14.1. The van der Waals surface area contributed by atoms with Gasteiger partial charge in [-0.25, -0.2) is 0 Å². The van der Waals surface area contributed by atoms with Gasteiger partial charge in [0.15, 0.2) is 0 Å². The lowest BCUT2D eigenvalue weighted by Gasteiger charge is -2.30. The van der Waals surface area contributed by atoms with Gasteiger partial charge in [0.2, 0.25) is 0 Å². The predicted molar refractivity (Wildman–Crippen MR) is 102 cm³/mol. The van der Waals surface area contributed by atoms with Crippen molar-refractivity contribution in [2.75, 3.05) is 25.4 Å². The Morgan fingerprint density at radius 3 is 2.42 bits per heavy atom. The van der Waals surface area contributed by atoms with E-state index in [4.69, 9.17) is 5.73 Å². The Morgan fingerprint density at radius 1 is 1.19 bits per heavy atom. The van der Waals surface area contributed by atoms with Crippen LogP contribution in [-0.4, -0.2) is 35.4 Å². The molecule has 1 unspecified atom stereocenters. The van der Waals surface area contributed by atoms with Gasteiger partial charge in [-0.3, -0.25) is 19.8 Å². The summed E-state index contributed by atoms with van der Waals surface area (Å²) in [5.74, 6) is -0.360. The maximum Gasteiger partial charge on any atom is 0.292 e. The number of nitrogens with two attached hydrogens (primary N) is 1. The SMILES string of the molecule is CCN(CC)C(CNC(=O)c1ccc(N)c([N+](=O)[O-])c1)c1ccccc1. The molecule has 0 aliphatic heterocycles. The Kier molecular flexibility index (Phi) is 6.68. The summed E-state index contributed by atoms with van der Waals surface area (Å²) in [6.07, 6.45) is 0. The molecule has 7 heteroatoms. The van der Waals surface area contributed by atoms with Crippen LogP contribution >= 0.6 is 0 Å². The third-order valence-corrected chi connectivity index (χ3v) is 4.38. The molecule has 1 atom stereocenters. The van der Waals surface area contributed by atoms with Gasteiger partial charge in [0, 0.05) is 18.2 Å². The number of nitro benzene ring substituents is 1. The smallest absolute Gasteiger partial charge is 0.292 e. The molecule has 0 spiro atoms. The van der Waals surface area contributed by atoms with E-state index in [0.29, 0.717) is 6.54 Å². The first-order valence-corrected chi connectivity index (χ1v) is 8.59. The van der Waals surface area contributed by atoms with E-state index in [9.17, 15) is 14.9 Å². The first kappa shape index (κ1) is 19.4. The number of benzene rings is 2. The number of amides is 1. The maximum absolute atomic E-state index is 12.5. The van der Waals surface area contributed by atoms with Crippen molar-refractivity contribution in [1.82, 2.24) is 10.2 Å². The molecule has 0 radical (unpaired) electrons. The normalized spacial score (nSPS) is 12.0. The van der Waals surface area contributed by atoms with Gasteiger partial charge in [-0.15, -0.1) is 0 Å². The quantitative estimate of drug-likeness (QED) is 0.430. The molecule has 138 valence electrons. The third-order valence-electron chi connectivity index (χ3n) is 4.38. The van der Waals surface area contributed by atoms with Crippen LogP contribution in [-0.2, 0) is 0 Å². The number of nitro groups is 1. The Balaban J connectivity index is 2.17. The average molecular weight is 356 g/mol. The Hall–Kier alpha value is -2.93. The van der Waals surface area contributed by atoms with E-state index in [1.807, 2.05) is 30.3 Å². The standard InChI is InChI=1S/C19H24N4O3/c1-3-22(4-2)18(14-8-6-5-7-9-14)13-21-19(24)15-10-11-16(20)17(12-15)23(25)26/h5-12,18H,3-4,13,20H2,1-2H3,(H,21,24). The van der Waals surface area contributed by atoms with E-state index in [1.54, 1.807) is 0 Å². The van der Waals surface area contributed by atoms with Crippen LogP contribution in [0.5, 0.6) is 0 Å². The maximum atomic E-state index is 12.5. The van der Waals surface area contributed by atoms with E-state index in [1.165, 1.54) is 18.2 Å². The largest absolute Gasteiger partial charge is 0.393 e. The highest BCUT2D eigenvalue weighted by atomic mass is 16.6. The van der Waals surface area contributed by atoms with Crippen LogP contribution in [0, 0.1) is 10.1 Å². The number of carbonyl (C=O) groups excluding carboxylic acids is 1. The van der Waals surface area contributed by atoms with Crippen molar-refractivity contribution in [1.29, 1.82) is 0 Å². The summed E-state index contributed by atoms with van der Waals surface area (Å²) in [7, 11) is 0. The molecule has 0 bridgehead atoms. The molecule has 0 aliphatic rings. The zero-order chi connectivity index (χ0) is 19.1. The van der Waals surface area contributed by atoms with E-state index < -0.39 is 4.92 Å². The molecule has 2 aromatic rings. The van der Waals surface area contributed by atoms with Gasteiger partial charge in [-0.2, -0.15) is 0 Å². The molecule has 2 aromatic carbocycles. The minimum absolute atomic E-state index is 0.0268. The lowest BCUT2D eigenvalue weighted by Crippen LogP contribution is -2.38. The van der Waals surface area contributed by atoms with Crippen LogP contribution in [0.4, 0.5) is 11.4 Å². The molecule has 0 heterocycles. The fourth-order valence-corrected chi connectivity index (χ4v) is 2.93. The zero-order valence-corrected chi connectivity index (χ0v) is 15.0. The van der Waals surface area contributed by atoms with Gasteiger partial charge in [-0.1, -0.05) is 44.2 Å². The summed E-state index contributed by atoms with van der Waals surface area (Å²) in [4.78, 5) is 25.1. The second-order valence-electron chi connectivity index (χ2n) is 5.89. The minimum Gasteiger partial charge on any atom is -0.393 e. The number of rotatable bonds is 8. The predicted octanol–water partition coefficient (Wildman–Crippen LogP) is 2.99. The Bertz CT molecular complexity index is 761. The van der Waals surface area contributed by atoms with Crippen LogP contribution < -0.4 is 11.1 Å². The van der Waals surface area contributed by atoms with E-state index >= 15 is 0 Å². The molecule has 0 aromatic heterocycles. The van der Waals surface area contributed by atoms with Crippen molar-refractivity contribution in [2.24, 2.45) is 0 Å². The first-order valence-electron chi connectivity index (χ1n) is 8.59. The van der Waals surface area contributed by atoms with Crippen molar-refractivity contribution < 1.29 is 9.72 Å². The van der Waals surface area contributed by atoms with Crippen LogP contribution in [0.15, 0.2) is 48.5 Å². The molecule has 0 aliphatic carbocycles. The van der Waals surface area contributed by atoms with Crippen molar-refractivity contribution in [3.8, 4) is 0 Å². The third kappa shape index (κ3) is 4.58. The van der Waals surface area contributed by atoms with Crippen molar-refractivity contribution in [3.05, 3.63) is 69.8 Å². The number of nitrogen functional groups attached to an aromatic ring is 1. The highest BCUT2D eigenvalue weighted by Gasteiger charge is 2.20. The number of nitrogens with one attached hydrogen (secondary N) is 1. The second kappa shape index (κ2) is 8.96. The lowest BCUT2D eigenvalue weighted by atomic mass is 10.0. The average Bonchev–Trinajstić information content (AvgIpc) is 2.65. The number of anilines is 1. The fourth-order valence-electron chi connectivity index (χ4n) is 2.93. The van der Waals surface area contributed by atoms with Crippen LogP contribution in [0.25, 0.3) is 0 Å². The summed E-state index contributed by atoms with van der Waals surface area (Å²) < 4.78 is 0. The lowest BCUT2D eigenvalue weighted by molar-refractivity contribution is -0.383. The molecule has 1 amide bonds. The Morgan fingerprint density at radius 2 is 1.85 bits per heavy atom. The van der Waals surface area contributed by atoms with Gasteiger partial charge in [-0.05, 0) is 30.8 Å². The Labute approximate surface area is 153 Å². The molecule has 0 saturated heterocycles. The summed E-state index contributed by atoms with van der Waals surface area (Å²) in [5, 5.41) is 13.9. The molecule has 0 saturated carbocycles. The van der Waals surface area contributed by atoms with Crippen LogP contribution in [0.1, 0.15) is 35.8 Å². The molecule has 2 rings (SSSR count). The highest BCUT2D eigenvalue weighted by Crippen LogP contribution is 2.23. The van der Waals surface area contributed by atoms with E-state index in [0.717, 1.165) is 18.7 Å². The highest BCUT2D eigenvalue weighted by molar-refractivity contribution is 5.95. The van der Waals surface area contributed by atoms with Gasteiger partial charge in [0.25, 0.3) is 11.6 Å². The molecule has 0 fully saturated rings. The number of carbonyl (C=O) groups is 1. The van der Waals surface area contributed by atoms with Crippen molar-refractivity contribution in [3.63, 3.8) is 0 Å². The second-order valence-corrected chi connectivity index (χ2v) is 5.89. The zero-order valence-electron chi connectivity index (χ0n) is 15.0. The van der Waals surface area contributed by atoms with Gasteiger partial charge in [0.05, 0.1) is 11.0 Å². The summed E-state index contributed by atoms with van der Waals surface area (Å²) in [5.41, 5.74) is 6.69. The summed E-state index contributed by atoms with van der Waals surface area (Å²) >= 11 is 0. The fraction of sp³-hybridized carbons (Fsp3) is 0.316. The van der Waals surface area contributed by atoms with E-state index in [2.05, 4.69) is 24.1 Å². The molecule has 26 heavy (non-hydrogen) atoms. The number of likely N-dealkylation sites (N-methyl/N-ethyl adjacent to an activating group) is 1. The first-order chi connectivity index (χ1) is 12.5. The van der Waals surface area contributed by atoms with Gasteiger partial charge in [0.1, 0.15) is 5.69 Å². The molecular formula is C19H24N4O3. The van der Waals surface area contributed by atoms with Crippen LogP contribution in [0.3, 0.4) is 0 Å². The number of hydrogen-bond acceptors (Lipinski definition) is 5. The van der Waals surface area contributed by atoms with Gasteiger partial charge >= 0.3 is 0 Å². The van der Waals surface area contributed by atoms with Gasteiger partial charge < -0.3 is 11.1 Å². The van der Waals surface area contributed by atoms with Crippen molar-refractivity contribution >= 4 is 17.3 Å². The van der Waals surface area contributed by atoms with Crippen LogP contribution in [0.2, 0.25) is 0 Å². The topological polar surface area (TPSA) is 102 Å². The number of hydrogen-bond donors (Lipinski definition) is 2.